The van der Waals surface area contributed by atoms with Crippen LogP contribution in [-0.2, 0) is 4.79 Å². The topological polar surface area (TPSA) is 108 Å². The van der Waals surface area contributed by atoms with Crippen LogP contribution in [-0.4, -0.2) is 40.9 Å². The third-order valence-electron chi connectivity index (χ3n) is 5.70. The molecule has 1 aromatic heterocycles. The van der Waals surface area contributed by atoms with Crippen LogP contribution < -0.4 is 24.3 Å². The normalized spacial score (nSPS) is 12.1. The average Bonchev–Trinajstić information content (AvgIpc) is 3.45. The summed E-state index contributed by atoms with van der Waals surface area (Å²) in [6.45, 7) is 5.45. The number of ketones is 1. The highest BCUT2D eigenvalue weighted by atomic mass is 16.7. The van der Waals surface area contributed by atoms with Gasteiger partial charge in [-0.15, -0.1) is 0 Å². The lowest BCUT2D eigenvalue weighted by atomic mass is 10.2. The first-order valence-corrected chi connectivity index (χ1v) is 11.8. The first-order chi connectivity index (χ1) is 17.8. The van der Waals surface area contributed by atoms with E-state index in [9.17, 15) is 14.7 Å². The Bertz CT molecular complexity index is 1490. The van der Waals surface area contributed by atoms with Crippen molar-refractivity contribution < 1.29 is 33.6 Å². The standard InChI is InChI=1S/C28H26N2O7/c1-16(2)36-19-6-4-18(5-7-19)30-23-10-8-20(37-21-9-11-24-25(13-21)35-15-34-24)12-22(23)26(27(30)28(32)33)29-14-17(3)31/h4-13,16,29H,14-15H2,1-3H3,(H,32,33). The monoisotopic (exact) mass is 502 g/mol. The lowest BCUT2D eigenvalue weighted by Crippen LogP contribution is -2.14. The molecular formula is C28H26N2O7. The Labute approximate surface area is 213 Å². The van der Waals surface area contributed by atoms with Crippen LogP contribution in [0.3, 0.4) is 0 Å². The van der Waals surface area contributed by atoms with E-state index < -0.39 is 5.97 Å². The number of aromatic carboxylic acids is 1. The molecule has 0 atom stereocenters. The summed E-state index contributed by atoms with van der Waals surface area (Å²) in [5.74, 6) is 1.69. The maximum absolute atomic E-state index is 12.5. The van der Waals surface area contributed by atoms with Crippen molar-refractivity contribution in [3.63, 3.8) is 0 Å². The van der Waals surface area contributed by atoms with E-state index >= 15 is 0 Å². The lowest BCUT2D eigenvalue weighted by molar-refractivity contribution is -0.115. The molecule has 2 heterocycles. The first-order valence-electron chi connectivity index (χ1n) is 11.8. The Morgan fingerprint density at radius 1 is 0.973 bits per heavy atom. The van der Waals surface area contributed by atoms with Crippen LogP contribution in [0.25, 0.3) is 16.6 Å². The van der Waals surface area contributed by atoms with Gasteiger partial charge in [0.05, 0.1) is 23.9 Å². The third-order valence-corrected chi connectivity index (χ3v) is 5.70. The Balaban J connectivity index is 1.61. The fourth-order valence-corrected chi connectivity index (χ4v) is 4.22. The zero-order valence-electron chi connectivity index (χ0n) is 20.6. The quantitative estimate of drug-likeness (QED) is 0.303. The predicted molar refractivity (Wildman–Crippen MR) is 138 cm³/mol. The zero-order chi connectivity index (χ0) is 26.1. The molecular weight excluding hydrogens is 476 g/mol. The molecule has 1 aliphatic rings. The lowest BCUT2D eigenvalue weighted by Gasteiger charge is -2.13. The zero-order valence-corrected chi connectivity index (χ0v) is 20.6. The molecule has 0 fully saturated rings. The number of benzene rings is 3. The second kappa shape index (κ2) is 9.77. The highest BCUT2D eigenvalue weighted by Crippen LogP contribution is 2.40. The maximum Gasteiger partial charge on any atom is 0.355 e. The second-order valence-electron chi connectivity index (χ2n) is 8.88. The maximum atomic E-state index is 12.5. The number of Topliss-reactive ketones (excluding diaryl/α,β-unsaturated/α-hetero) is 1. The van der Waals surface area contributed by atoms with Crippen molar-refractivity contribution in [3.05, 3.63) is 66.4 Å². The number of ether oxygens (including phenoxy) is 4. The molecule has 0 saturated heterocycles. The minimum absolute atomic E-state index is 0.00834. The molecule has 9 nitrogen and oxygen atoms in total. The first kappa shape index (κ1) is 24.1. The van der Waals surface area contributed by atoms with Gasteiger partial charge in [0, 0.05) is 17.1 Å². The number of fused-ring (bicyclic) bond motifs is 2. The van der Waals surface area contributed by atoms with E-state index in [1.54, 1.807) is 65.2 Å². The summed E-state index contributed by atoms with van der Waals surface area (Å²) in [7, 11) is 0. The number of carbonyl (C=O) groups excluding carboxylic acids is 1. The second-order valence-corrected chi connectivity index (χ2v) is 8.88. The van der Waals surface area contributed by atoms with Gasteiger partial charge in [0.2, 0.25) is 6.79 Å². The molecule has 0 spiro atoms. The van der Waals surface area contributed by atoms with E-state index in [1.807, 2.05) is 13.8 Å². The van der Waals surface area contributed by atoms with E-state index in [1.165, 1.54) is 6.92 Å². The largest absolute Gasteiger partial charge is 0.491 e. The van der Waals surface area contributed by atoms with Gasteiger partial charge in [0.1, 0.15) is 23.0 Å². The third kappa shape index (κ3) is 4.88. The van der Waals surface area contributed by atoms with Crippen molar-refractivity contribution in [2.45, 2.75) is 26.9 Å². The van der Waals surface area contributed by atoms with E-state index in [2.05, 4.69) is 5.32 Å². The van der Waals surface area contributed by atoms with E-state index in [0.717, 1.165) is 0 Å². The molecule has 190 valence electrons. The average molecular weight is 503 g/mol. The van der Waals surface area contributed by atoms with Crippen molar-refractivity contribution >= 4 is 28.3 Å². The predicted octanol–water partition coefficient (Wildman–Crippen LogP) is 5.64. The summed E-state index contributed by atoms with van der Waals surface area (Å²) < 4.78 is 24.2. The summed E-state index contributed by atoms with van der Waals surface area (Å²) >= 11 is 0. The number of nitrogens with one attached hydrogen (secondary N) is 1. The molecule has 1 aliphatic heterocycles. The molecule has 5 rings (SSSR count). The van der Waals surface area contributed by atoms with E-state index in [0.29, 0.717) is 51.0 Å². The molecule has 0 radical (unpaired) electrons. The van der Waals surface area contributed by atoms with E-state index in [-0.39, 0.29) is 30.9 Å². The number of hydrogen-bond donors (Lipinski definition) is 2. The number of carboxylic acids is 1. The number of anilines is 1. The molecule has 0 aliphatic carbocycles. The van der Waals surface area contributed by atoms with Gasteiger partial charge in [-0.05, 0) is 75.4 Å². The van der Waals surface area contributed by atoms with Crippen LogP contribution >= 0.6 is 0 Å². The van der Waals surface area contributed by atoms with Crippen LogP contribution in [0.1, 0.15) is 31.3 Å². The summed E-state index contributed by atoms with van der Waals surface area (Å²) in [4.78, 5) is 24.3. The fourth-order valence-electron chi connectivity index (χ4n) is 4.22. The van der Waals surface area contributed by atoms with Gasteiger partial charge in [-0.1, -0.05) is 0 Å². The number of carbonyl (C=O) groups is 2. The number of nitrogens with zero attached hydrogens (tertiary/aromatic N) is 1. The summed E-state index contributed by atoms with van der Waals surface area (Å²) in [6, 6.07) is 17.8. The van der Waals surface area contributed by atoms with Crippen LogP contribution in [0, 0.1) is 0 Å². The Morgan fingerprint density at radius 3 is 2.35 bits per heavy atom. The molecule has 37 heavy (non-hydrogen) atoms. The van der Waals surface area contributed by atoms with Gasteiger partial charge in [0.25, 0.3) is 0 Å². The summed E-state index contributed by atoms with van der Waals surface area (Å²) in [5, 5.41) is 13.8. The van der Waals surface area contributed by atoms with Gasteiger partial charge in [-0.25, -0.2) is 4.79 Å². The van der Waals surface area contributed by atoms with Gasteiger partial charge >= 0.3 is 5.97 Å². The highest BCUT2D eigenvalue weighted by molar-refractivity contribution is 6.08. The van der Waals surface area contributed by atoms with Crippen LogP contribution in [0.5, 0.6) is 28.7 Å². The SMILES string of the molecule is CC(=O)CNc1c(C(=O)O)n(-c2ccc(OC(C)C)cc2)c2ccc(Oc3ccc4c(c3)OCO4)cc12. The van der Waals surface area contributed by atoms with Crippen molar-refractivity contribution in [1.29, 1.82) is 0 Å². The molecule has 0 amide bonds. The fraction of sp³-hybridized carbons (Fsp3) is 0.214. The van der Waals surface area contributed by atoms with Crippen LogP contribution in [0.15, 0.2) is 60.7 Å². The number of aromatic nitrogens is 1. The molecule has 0 bridgehead atoms. The molecule has 3 aromatic carbocycles. The van der Waals surface area contributed by atoms with Crippen molar-refractivity contribution in [2.75, 3.05) is 18.7 Å². The number of carboxylic acid groups (broad SMARTS) is 1. The Morgan fingerprint density at radius 2 is 1.65 bits per heavy atom. The van der Waals surface area contributed by atoms with Crippen LogP contribution in [0.4, 0.5) is 5.69 Å². The van der Waals surface area contributed by atoms with Gasteiger partial charge in [-0.2, -0.15) is 0 Å². The van der Waals surface area contributed by atoms with Gasteiger partial charge < -0.3 is 33.9 Å². The molecule has 9 heteroatoms. The van der Waals surface area contributed by atoms with Crippen molar-refractivity contribution in [3.8, 4) is 34.4 Å². The van der Waals surface area contributed by atoms with Gasteiger partial charge in [-0.3, -0.25) is 4.79 Å². The van der Waals surface area contributed by atoms with Crippen molar-refractivity contribution in [1.82, 2.24) is 4.57 Å². The van der Waals surface area contributed by atoms with Gasteiger partial charge in [0.15, 0.2) is 17.2 Å². The number of hydrogen-bond acceptors (Lipinski definition) is 7. The highest BCUT2D eigenvalue weighted by Gasteiger charge is 2.25. The molecule has 0 saturated carbocycles. The molecule has 4 aromatic rings. The minimum Gasteiger partial charge on any atom is -0.491 e. The molecule has 2 N–H and O–H groups in total. The minimum atomic E-state index is -1.14. The smallest absolute Gasteiger partial charge is 0.355 e. The summed E-state index contributed by atoms with van der Waals surface area (Å²) in [6.07, 6.45) is 0.0124. The Hall–Kier alpha value is -4.66. The summed E-state index contributed by atoms with van der Waals surface area (Å²) in [5.41, 5.74) is 1.61. The Kier molecular flexibility index (Phi) is 6.35. The molecule has 0 unspecified atom stereocenters. The number of rotatable bonds is 9. The van der Waals surface area contributed by atoms with Crippen molar-refractivity contribution in [2.24, 2.45) is 0 Å². The van der Waals surface area contributed by atoms with Crippen LogP contribution in [0.2, 0.25) is 0 Å². The van der Waals surface area contributed by atoms with E-state index in [4.69, 9.17) is 18.9 Å².